The molecule has 0 saturated carbocycles. The maximum atomic E-state index is 14.3. The predicted octanol–water partition coefficient (Wildman–Crippen LogP) is 7.39. The van der Waals surface area contributed by atoms with Crippen molar-refractivity contribution in [2.24, 2.45) is 10.2 Å². The first-order valence-electron chi connectivity index (χ1n) is 11.1. The van der Waals surface area contributed by atoms with Crippen LogP contribution < -0.4 is 4.90 Å². The van der Waals surface area contributed by atoms with Gasteiger partial charge in [0.2, 0.25) is 9.84 Å². The van der Waals surface area contributed by atoms with E-state index in [2.05, 4.69) is 10.2 Å². The van der Waals surface area contributed by atoms with Gasteiger partial charge in [0, 0.05) is 18.8 Å². The lowest BCUT2D eigenvalue weighted by atomic mass is 9.98. The first-order valence-corrected chi connectivity index (χ1v) is 12.6. The molecule has 2 aromatic carbocycles. The zero-order chi connectivity index (χ0) is 32.6. The van der Waals surface area contributed by atoms with Crippen LogP contribution in [0, 0.1) is 0 Å². The summed E-state index contributed by atoms with van der Waals surface area (Å²) in [5.41, 5.74) is 0.522. The fraction of sp³-hybridized carbons (Fsp3) is 0.455. The van der Waals surface area contributed by atoms with Gasteiger partial charge in [-0.15, -0.1) is 0 Å². The number of rotatable bonds is 12. The first-order chi connectivity index (χ1) is 18.9. The molecule has 0 amide bonds. The quantitative estimate of drug-likeness (QED) is 0.192. The number of benzene rings is 2. The van der Waals surface area contributed by atoms with Crippen molar-refractivity contribution < 1.29 is 70.6 Å². The van der Waals surface area contributed by atoms with Crippen LogP contribution in [0.25, 0.3) is 0 Å². The van der Waals surface area contributed by atoms with Gasteiger partial charge in [-0.05, 0) is 55.5 Å². The van der Waals surface area contributed by atoms with E-state index in [9.17, 15) is 65.5 Å². The van der Waals surface area contributed by atoms with Crippen LogP contribution in [-0.4, -0.2) is 68.3 Å². The number of aliphatic hydroxyl groups excluding tert-OH is 1. The molecule has 20 heteroatoms. The van der Waals surface area contributed by atoms with E-state index in [0.29, 0.717) is 30.9 Å². The second kappa shape index (κ2) is 11.5. The molecule has 0 atom stereocenters. The molecule has 0 unspecified atom stereocenters. The van der Waals surface area contributed by atoms with E-state index in [-0.39, 0.29) is 30.1 Å². The number of aliphatic hydroxyl groups is 1. The Hall–Kier alpha value is -3.16. The fourth-order valence-electron chi connectivity index (χ4n) is 3.20. The van der Waals surface area contributed by atoms with Crippen molar-refractivity contribution in [1.82, 2.24) is 0 Å². The van der Waals surface area contributed by atoms with E-state index in [1.54, 1.807) is 17.0 Å². The Morgan fingerprint density at radius 1 is 0.667 bits per heavy atom. The number of hydrogen-bond acceptors (Lipinski definition) is 6. The highest BCUT2D eigenvalue weighted by Gasteiger charge is 2.92. The Labute approximate surface area is 228 Å². The largest absolute Gasteiger partial charge is 0.460 e. The van der Waals surface area contributed by atoms with Crippen molar-refractivity contribution in [3.63, 3.8) is 0 Å². The Balaban J connectivity index is 2.38. The van der Waals surface area contributed by atoms with Gasteiger partial charge in [0.1, 0.15) is 0 Å². The SMILES string of the molecule is CCN(CCO)c1ccc(N=Nc2ccc(S(=O)(=O)C(F)(F)C(F)(F)C(F)(F)C(F)(F)C(F)(F)C(F)(F)F)cc2)cc1. The number of likely N-dealkylation sites (N-methyl/N-ethyl adjacent to an activating group) is 1. The van der Waals surface area contributed by atoms with Crippen LogP contribution in [0.3, 0.4) is 0 Å². The molecule has 0 fully saturated rings. The number of halogens is 13. The smallest absolute Gasteiger partial charge is 0.395 e. The van der Waals surface area contributed by atoms with Crippen LogP contribution >= 0.6 is 0 Å². The number of nitrogens with zero attached hydrogens (tertiary/aromatic N) is 3. The van der Waals surface area contributed by atoms with Gasteiger partial charge < -0.3 is 10.0 Å². The van der Waals surface area contributed by atoms with Gasteiger partial charge in [-0.1, -0.05) is 0 Å². The first kappa shape index (κ1) is 35.0. The van der Waals surface area contributed by atoms with Crippen LogP contribution in [0.1, 0.15) is 6.92 Å². The topological polar surface area (TPSA) is 82.3 Å². The highest BCUT2D eigenvalue weighted by molar-refractivity contribution is 7.92. The van der Waals surface area contributed by atoms with E-state index >= 15 is 0 Å². The molecular formula is C22H18F13N3O3S. The molecule has 42 heavy (non-hydrogen) atoms. The van der Waals surface area contributed by atoms with Crippen molar-refractivity contribution >= 4 is 26.9 Å². The predicted molar refractivity (Wildman–Crippen MR) is 120 cm³/mol. The van der Waals surface area contributed by atoms with E-state index in [1.807, 2.05) is 6.92 Å². The van der Waals surface area contributed by atoms with Crippen LogP contribution in [-0.2, 0) is 9.84 Å². The Bertz CT molecular complexity index is 1360. The summed E-state index contributed by atoms with van der Waals surface area (Å²) < 4.78 is 198. The third kappa shape index (κ3) is 5.73. The summed E-state index contributed by atoms with van der Waals surface area (Å²) in [6.07, 6.45) is -7.62. The molecule has 0 heterocycles. The molecule has 6 nitrogen and oxygen atoms in total. The second-order valence-corrected chi connectivity index (χ2v) is 10.3. The lowest BCUT2D eigenvalue weighted by Crippen LogP contribution is -2.71. The minimum Gasteiger partial charge on any atom is -0.395 e. The average Bonchev–Trinajstić information content (AvgIpc) is 2.90. The number of hydrogen-bond donors (Lipinski definition) is 1. The van der Waals surface area contributed by atoms with E-state index in [0.717, 1.165) is 0 Å². The van der Waals surface area contributed by atoms with Gasteiger partial charge in [0.25, 0.3) is 0 Å². The molecule has 0 aliphatic rings. The highest BCUT2D eigenvalue weighted by Crippen LogP contribution is 2.61. The molecule has 2 rings (SSSR count). The maximum absolute atomic E-state index is 14.3. The summed E-state index contributed by atoms with van der Waals surface area (Å²) >= 11 is 0. The van der Waals surface area contributed by atoms with Crippen molar-refractivity contribution in [1.29, 1.82) is 0 Å². The lowest BCUT2D eigenvalue weighted by molar-refractivity contribution is -0.433. The maximum Gasteiger partial charge on any atom is 0.460 e. The zero-order valence-corrected chi connectivity index (χ0v) is 21.5. The van der Waals surface area contributed by atoms with Crippen molar-refractivity contribution in [2.75, 3.05) is 24.6 Å². The molecule has 0 radical (unpaired) electrons. The van der Waals surface area contributed by atoms with Gasteiger partial charge in [-0.25, -0.2) is 8.42 Å². The molecule has 236 valence electrons. The molecule has 0 spiro atoms. The fourth-order valence-corrected chi connectivity index (χ4v) is 4.46. The number of sulfone groups is 1. The molecule has 2 aromatic rings. The molecule has 0 aliphatic heterocycles. The molecule has 1 N–H and O–H groups in total. The van der Waals surface area contributed by atoms with E-state index < -0.39 is 49.9 Å². The molecule has 0 aromatic heterocycles. The summed E-state index contributed by atoms with van der Waals surface area (Å²) in [5, 5.41) is 9.04. The third-order valence-electron chi connectivity index (χ3n) is 5.64. The normalized spacial score (nSPS) is 14.5. The van der Waals surface area contributed by atoms with Crippen molar-refractivity contribution in [3.8, 4) is 0 Å². The van der Waals surface area contributed by atoms with E-state index in [4.69, 9.17) is 5.11 Å². The Kier molecular flexibility index (Phi) is 9.59. The molecule has 0 aliphatic carbocycles. The highest BCUT2D eigenvalue weighted by atomic mass is 32.2. The second-order valence-electron chi connectivity index (χ2n) is 8.33. The van der Waals surface area contributed by atoms with Gasteiger partial charge in [0.15, 0.2) is 0 Å². The average molecular weight is 651 g/mol. The van der Waals surface area contributed by atoms with Gasteiger partial charge >= 0.3 is 35.1 Å². The minimum absolute atomic E-state index is 0.0748. The van der Waals surface area contributed by atoms with Gasteiger partial charge in [-0.2, -0.15) is 67.3 Å². The zero-order valence-electron chi connectivity index (χ0n) is 20.7. The summed E-state index contributed by atoms with van der Waals surface area (Å²) in [7, 11) is -7.14. The summed E-state index contributed by atoms with van der Waals surface area (Å²) in [6.45, 7) is 2.55. The number of anilines is 1. The lowest BCUT2D eigenvalue weighted by Gasteiger charge is -2.39. The van der Waals surface area contributed by atoms with Crippen LogP contribution in [0.5, 0.6) is 0 Å². The third-order valence-corrected chi connectivity index (χ3v) is 7.46. The molecule has 0 bridgehead atoms. The van der Waals surface area contributed by atoms with Crippen LogP contribution in [0.2, 0.25) is 0 Å². The van der Waals surface area contributed by atoms with Crippen LogP contribution in [0.4, 0.5) is 74.1 Å². The number of alkyl halides is 13. The Morgan fingerprint density at radius 3 is 1.45 bits per heavy atom. The van der Waals surface area contributed by atoms with Crippen molar-refractivity contribution in [3.05, 3.63) is 48.5 Å². The minimum atomic E-state index is -8.24. The van der Waals surface area contributed by atoms with Gasteiger partial charge in [0.05, 0.1) is 22.9 Å². The Morgan fingerprint density at radius 2 is 1.07 bits per heavy atom. The standard InChI is InChI=1S/C22H18F13N3O3S/c1-2-38(11-12-39)15-7-3-13(4-8-15)36-37-14-5-9-16(10-6-14)42(40,41)22(34,35)20(29,30)18(25,26)17(23,24)19(27,28)21(31,32)33/h3-10,39H,2,11-12H2,1H3. The number of azo groups is 1. The van der Waals surface area contributed by atoms with Gasteiger partial charge in [-0.3, -0.25) is 0 Å². The van der Waals surface area contributed by atoms with E-state index in [1.165, 1.54) is 12.1 Å². The van der Waals surface area contributed by atoms with Crippen LogP contribution in [0.15, 0.2) is 63.7 Å². The monoisotopic (exact) mass is 651 g/mol. The molecule has 0 saturated heterocycles. The summed E-state index contributed by atoms with van der Waals surface area (Å²) in [4.78, 5) is -0.140. The summed E-state index contributed by atoms with van der Waals surface area (Å²) in [5.74, 6) is -32.4. The molecular weight excluding hydrogens is 633 g/mol. The summed E-state index contributed by atoms with van der Waals surface area (Å²) in [6, 6.07) is 7.26. The van der Waals surface area contributed by atoms with Crippen molar-refractivity contribution in [2.45, 2.75) is 46.9 Å².